The van der Waals surface area contributed by atoms with E-state index in [9.17, 15) is 23.2 Å². The van der Waals surface area contributed by atoms with Crippen LogP contribution in [0.5, 0.6) is 0 Å². The normalized spacial score (nSPS) is 14.7. The first-order valence-electron chi connectivity index (χ1n) is 10.0. The molecule has 1 amide bonds. The fraction of sp³-hybridized carbons (Fsp3) is 0.167. The summed E-state index contributed by atoms with van der Waals surface area (Å²) < 4.78 is 40.2. The number of alkyl halides is 3. The van der Waals surface area contributed by atoms with E-state index in [-0.39, 0.29) is 29.3 Å². The number of halogens is 3. The third-order valence-corrected chi connectivity index (χ3v) is 5.24. The van der Waals surface area contributed by atoms with E-state index in [0.29, 0.717) is 16.4 Å². The maximum Gasteiger partial charge on any atom is 0.416 e. The first-order valence-corrected chi connectivity index (χ1v) is 10.0. The Morgan fingerprint density at radius 1 is 0.970 bits per heavy atom. The van der Waals surface area contributed by atoms with Crippen LogP contribution in [0, 0.1) is 13.8 Å². The topological polar surface area (TPSA) is 76.4 Å². The van der Waals surface area contributed by atoms with Crippen LogP contribution >= 0.6 is 0 Å². The zero-order valence-electron chi connectivity index (χ0n) is 17.8. The summed E-state index contributed by atoms with van der Waals surface area (Å²) in [5, 5.41) is 24.1. The van der Waals surface area contributed by atoms with Crippen LogP contribution in [-0.2, 0) is 17.6 Å². The molecule has 1 heterocycles. The summed E-state index contributed by atoms with van der Waals surface area (Å²) in [6.07, 6.45) is -4.59. The van der Waals surface area contributed by atoms with Gasteiger partial charge in [0.15, 0.2) is 5.71 Å². The van der Waals surface area contributed by atoms with Gasteiger partial charge in [0.2, 0.25) is 0 Å². The van der Waals surface area contributed by atoms with Gasteiger partial charge in [-0.15, -0.1) is 10.3 Å². The molecule has 1 aliphatic heterocycles. The number of hydrazone groups is 1. The molecule has 0 atom stereocenters. The van der Waals surface area contributed by atoms with Crippen LogP contribution in [0.1, 0.15) is 27.8 Å². The zero-order valence-corrected chi connectivity index (χ0v) is 17.8. The fourth-order valence-corrected chi connectivity index (χ4v) is 3.74. The molecule has 0 aliphatic carbocycles. The van der Waals surface area contributed by atoms with Gasteiger partial charge in [0.25, 0.3) is 5.91 Å². The Bertz CT molecular complexity index is 1230. The maximum absolute atomic E-state index is 13.4. The van der Waals surface area contributed by atoms with E-state index in [0.717, 1.165) is 23.3 Å². The summed E-state index contributed by atoms with van der Waals surface area (Å²) in [5.41, 5.74) is 2.00. The number of aryl methyl sites for hydroxylation is 2. The van der Waals surface area contributed by atoms with Crippen LogP contribution in [0.2, 0.25) is 0 Å². The number of benzene rings is 3. The predicted molar refractivity (Wildman–Crippen MR) is 118 cm³/mol. The molecule has 0 bridgehead atoms. The molecule has 0 aromatic heterocycles. The number of rotatable bonds is 4. The molecule has 6 nitrogen and oxygen atoms in total. The van der Waals surface area contributed by atoms with E-state index in [1.807, 2.05) is 19.9 Å². The smallest absolute Gasteiger partial charge is 0.392 e. The van der Waals surface area contributed by atoms with Crippen LogP contribution in [0.3, 0.4) is 0 Å². The fourth-order valence-electron chi connectivity index (χ4n) is 3.74. The molecule has 0 saturated heterocycles. The Kier molecular flexibility index (Phi) is 5.69. The molecule has 0 saturated carbocycles. The third kappa shape index (κ3) is 4.33. The first-order chi connectivity index (χ1) is 15.6. The minimum atomic E-state index is -4.59. The second kappa shape index (κ2) is 8.34. The van der Waals surface area contributed by atoms with E-state index < -0.39 is 17.6 Å². The van der Waals surface area contributed by atoms with Crippen molar-refractivity contribution in [3.8, 4) is 0 Å². The molecule has 0 unspecified atom stereocenters. The Morgan fingerprint density at radius 2 is 1.61 bits per heavy atom. The van der Waals surface area contributed by atoms with Crippen molar-refractivity contribution in [3.63, 3.8) is 0 Å². The molecule has 3 aromatic carbocycles. The number of carbonyl (C=O) groups is 1. The van der Waals surface area contributed by atoms with Crippen molar-refractivity contribution < 1.29 is 28.3 Å². The molecule has 170 valence electrons. The van der Waals surface area contributed by atoms with Gasteiger partial charge in [-0.2, -0.15) is 13.2 Å². The van der Waals surface area contributed by atoms with Crippen molar-refractivity contribution >= 4 is 28.7 Å². The Hall–Kier alpha value is -3.69. The van der Waals surface area contributed by atoms with E-state index in [1.54, 1.807) is 24.3 Å². The molecule has 9 heteroatoms. The second-order valence-corrected chi connectivity index (χ2v) is 7.78. The summed E-state index contributed by atoms with van der Waals surface area (Å²) in [4.78, 5) is 14.5. The number of fused-ring (bicyclic) bond motifs is 1. The maximum atomic E-state index is 13.4. The molecular weight excluding hydrogens is 435 g/mol. The second-order valence-electron chi connectivity index (χ2n) is 7.78. The van der Waals surface area contributed by atoms with E-state index in [1.165, 1.54) is 23.1 Å². The van der Waals surface area contributed by atoms with Crippen LogP contribution in [0.15, 0.2) is 65.8 Å². The minimum Gasteiger partial charge on any atom is -0.392 e. The molecule has 1 aliphatic rings. The molecule has 4 rings (SSSR count). The summed E-state index contributed by atoms with van der Waals surface area (Å²) in [5.74, 6) is -0.666. The predicted octanol–water partition coefficient (Wildman–Crippen LogP) is 5.09. The number of hydrogen-bond acceptors (Lipinski definition) is 5. The molecule has 0 spiro atoms. The average molecular weight is 455 g/mol. The van der Waals surface area contributed by atoms with Gasteiger partial charge in [-0.05, 0) is 73.0 Å². The summed E-state index contributed by atoms with van der Waals surface area (Å²) in [6, 6.07) is 14.4. The highest BCUT2D eigenvalue weighted by Crippen LogP contribution is 2.41. The van der Waals surface area contributed by atoms with Crippen molar-refractivity contribution in [2.75, 3.05) is 10.1 Å². The number of anilines is 3. The minimum absolute atomic E-state index is 0.0302. The highest BCUT2D eigenvalue weighted by atomic mass is 19.4. The van der Waals surface area contributed by atoms with Gasteiger partial charge in [-0.25, -0.2) is 0 Å². The number of aliphatic hydroxyl groups excluding tert-OH is 1. The van der Waals surface area contributed by atoms with Gasteiger partial charge >= 0.3 is 6.18 Å². The lowest BCUT2D eigenvalue weighted by molar-refractivity contribution is -0.137. The summed E-state index contributed by atoms with van der Waals surface area (Å²) in [7, 11) is 0. The molecule has 33 heavy (non-hydrogen) atoms. The van der Waals surface area contributed by atoms with Crippen molar-refractivity contribution in [1.29, 1.82) is 0 Å². The SMILES string of the molecule is Cc1cc(C)cc(N2C(=O)C(=NN(O)c3ccc(CO)cc3)c3ccc(C(F)(F)F)cc32)c1. The lowest BCUT2D eigenvalue weighted by atomic mass is 10.1. The van der Waals surface area contributed by atoms with E-state index >= 15 is 0 Å². The first kappa shape index (κ1) is 22.5. The number of hydrogen-bond donors (Lipinski definition) is 2. The summed E-state index contributed by atoms with van der Waals surface area (Å²) >= 11 is 0. The van der Waals surface area contributed by atoms with Crippen LogP contribution in [0.25, 0.3) is 0 Å². The van der Waals surface area contributed by atoms with Crippen LogP contribution in [0.4, 0.5) is 30.2 Å². The average Bonchev–Trinajstić information content (AvgIpc) is 3.03. The van der Waals surface area contributed by atoms with Gasteiger partial charge in [-0.1, -0.05) is 18.2 Å². The largest absolute Gasteiger partial charge is 0.416 e. The van der Waals surface area contributed by atoms with Crippen molar-refractivity contribution in [2.24, 2.45) is 5.10 Å². The number of carbonyl (C=O) groups excluding carboxylic acids is 1. The quantitative estimate of drug-likeness (QED) is 0.537. The number of amides is 1. The highest BCUT2D eigenvalue weighted by molar-refractivity contribution is 6.55. The number of nitrogens with zero attached hydrogens (tertiary/aromatic N) is 3. The Labute approximate surface area is 187 Å². The lowest BCUT2D eigenvalue weighted by Gasteiger charge is -2.19. The van der Waals surface area contributed by atoms with E-state index in [4.69, 9.17) is 5.11 Å². The molecule has 3 aromatic rings. The standard InChI is InChI=1S/C24H20F3N3O3/c1-14-9-15(2)11-19(10-14)29-21-12-17(24(25,26)27)5-8-20(21)22(23(29)32)28-30(33)18-6-3-16(13-31)4-7-18/h3-12,31,33H,13H2,1-2H3. The lowest BCUT2D eigenvalue weighted by Crippen LogP contribution is -2.27. The third-order valence-electron chi connectivity index (χ3n) is 5.24. The monoisotopic (exact) mass is 455 g/mol. The molecule has 0 radical (unpaired) electrons. The highest BCUT2D eigenvalue weighted by Gasteiger charge is 2.39. The Morgan fingerprint density at radius 3 is 2.18 bits per heavy atom. The Balaban J connectivity index is 1.84. The van der Waals surface area contributed by atoms with E-state index in [2.05, 4.69) is 5.10 Å². The van der Waals surface area contributed by atoms with Crippen LogP contribution < -0.4 is 10.1 Å². The van der Waals surface area contributed by atoms with Crippen molar-refractivity contribution in [2.45, 2.75) is 26.6 Å². The van der Waals surface area contributed by atoms with Gasteiger partial charge in [0, 0.05) is 11.3 Å². The van der Waals surface area contributed by atoms with Gasteiger partial charge in [0.05, 0.1) is 23.5 Å². The summed E-state index contributed by atoms with van der Waals surface area (Å²) in [6.45, 7) is 3.47. The van der Waals surface area contributed by atoms with Crippen LogP contribution in [-0.4, -0.2) is 21.9 Å². The van der Waals surface area contributed by atoms with Gasteiger partial charge in [0.1, 0.15) is 0 Å². The van der Waals surface area contributed by atoms with Gasteiger partial charge < -0.3 is 5.11 Å². The zero-order chi connectivity index (χ0) is 23.9. The van der Waals surface area contributed by atoms with Crippen molar-refractivity contribution in [3.05, 3.63) is 88.5 Å². The molecular formula is C24H20F3N3O3. The molecule has 0 fully saturated rings. The number of aliphatic hydroxyl groups is 1. The van der Waals surface area contributed by atoms with Gasteiger partial charge in [-0.3, -0.25) is 14.9 Å². The molecule has 2 N–H and O–H groups in total. The van der Waals surface area contributed by atoms with Crippen molar-refractivity contribution in [1.82, 2.24) is 0 Å².